The highest BCUT2D eigenvalue weighted by Gasteiger charge is 2.31. The summed E-state index contributed by atoms with van der Waals surface area (Å²) in [7, 11) is 6.68. The number of benzene rings is 4. The van der Waals surface area contributed by atoms with Crippen LogP contribution in [0.5, 0.6) is 23.0 Å². The number of anilines is 3. The van der Waals surface area contributed by atoms with Crippen LogP contribution < -0.4 is 33.6 Å². The van der Waals surface area contributed by atoms with Crippen LogP contribution in [0, 0.1) is 0 Å². The third kappa shape index (κ3) is 9.23. The number of rotatable bonds is 17. The minimum Gasteiger partial charge on any atom is -0.493 e. The zero-order valence-corrected chi connectivity index (χ0v) is 33.2. The lowest BCUT2D eigenvalue weighted by atomic mass is 10.1. The second-order valence-electron chi connectivity index (χ2n) is 13.8. The number of carbonyl (C=O) groups excluding carboxylic acids is 3. The first-order valence-corrected chi connectivity index (χ1v) is 19.2. The van der Waals surface area contributed by atoms with Crippen molar-refractivity contribution in [3.63, 3.8) is 0 Å². The number of likely N-dealkylation sites (N-methyl/N-ethyl adjacent to an activating group) is 1. The number of hydrogen-bond acceptors (Lipinski definition) is 10. The van der Waals surface area contributed by atoms with Gasteiger partial charge in [0.1, 0.15) is 6.61 Å². The van der Waals surface area contributed by atoms with Gasteiger partial charge in [0.25, 0.3) is 5.91 Å². The molecule has 4 aromatic rings. The van der Waals surface area contributed by atoms with Crippen LogP contribution in [0.25, 0.3) is 0 Å². The van der Waals surface area contributed by atoms with E-state index < -0.39 is 6.09 Å². The molecule has 0 aliphatic carbocycles. The van der Waals surface area contributed by atoms with E-state index >= 15 is 0 Å². The monoisotopic (exact) mass is 774 g/mol. The van der Waals surface area contributed by atoms with Gasteiger partial charge in [0.05, 0.1) is 50.4 Å². The highest BCUT2D eigenvalue weighted by atomic mass is 16.6. The number of allylic oxidation sites excluding steroid dienone is 1. The first-order chi connectivity index (χ1) is 27.8. The summed E-state index contributed by atoms with van der Waals surface area (Å²) in [6.45, 7) is 3.23. The Bertz CT molecular complexity index is 2130. The molecule has 1 atom stereocenters. The van der Waals surface area contributed by atoms with E-state index in [2.05, 4.69) is 17.0 Å². The molecule has 2 amide bonds. The number of fused-ring (bicyclic) bond motifs is 2. The number of hydrogen-bond donors (Lipinski definition) is 0. The maximum Gasteiger partial charge on any atom is 0.414 e. The maximum absolute atomic E-state index is 14.1. The van der Waals surface area contributed by atoms with Gasteiger partial charge in [0.2, 0.25) is 0 Å². The number of methoxy groups -OCH3 is 2. The molecule has 6 rings (SSSR count). The Morgan fingerprint density at radius 2 is 1.53 bits per heavy atom. The van der Waals surface area contributed by atoms with E-state index in [9.17, 15) is 14.4 Å². The number of unbranched alkanes of at least 4 members (excludes halogenated alkanes) is 2. The van der Waals surface area contributed by atoms with Crippen LogP contribution in [0.15, 0.2) is 89.9 Å². The van der Waals surface area contributed by atoms with E-state index in [4.69, 9.17) is 28.7 Å². The van der Waals surface area contributed by atoms with E-state index in [0.717, 1.165) is 43.2 Å². The lowest BCUT2D eigenvalue weighted by molar-refractivity contribution is 0.0989. The molecule has 12 nitrogen and oxygen atoms in total. The third-order valence-corrected chi connectivity index (χ3v) is 10.2. The fraction of sp³-hybridized carbons (Fsp3) is 0.333. The summed E-state index contributed by atoms with van der Waals surface area (Å²) in [5.74, 6) is 1.49. The molecule has 2 aliphatic heterocycles. The van der Waals surface area contributed by atoms with E-state index in [-0.39, 0.29) is 18.6 Å². The quantitative estimate of drug-likeness (QED) is 0.0452. The number of nitrogens with zero attached hydrogens (tertiary/aromatic N) is 4. The Morgan fingerprint density at radius 3 is 2.21 bits per heavy atom. The number of carbonyl (C=O) groups is 3. The number of ether oxygens (including phenoxy) is 5. The Hall–Kier alpha value is -6.30. The van der Waals surface area contributed by atoms with Crippen LogP contribution in [-0.2, 0) is 17.6 Å². The van der Waals surface area contributed by atoms with Crippen LogP contribution in [0.3, 0.4) is 0 Å². The lowest BCUT2D eigenvalue weighted by Gasteiger charge is -2.25. The second-order valence-corrected chi connectivity index (χ2v) is 13.8. The zero-order chi connectivity index (χ0) is 40.3. The van der Waals surface area contributed by atoms with Crippen LogP contribution in [-0.4, -0.2) is 85.2 Å². The van der Waals surface area contributed by atoms with E-state index in [0.29, 0.717) is 71.7 Å². The van der Waals surface area contributed by atoms with Crippen molar-refractivity contribution in [2.45, 2.75) is 45.1 Å². The summed E-state index contributed by atoms with van der Waals surface area (Å²) in [4.78, 5) is 49.1. The van der Waals surface area contributed by atoms with Crippen LogP contribution in [0.2, 0.25) is 0 Å². The number of aldehydes is 1. The van der Waals surface area contributed by atoms with Gasteiger partial charge < -0.3 is 33.5 Å². The standard InChI is InChI=1S/C45H50N4O8/c1-6-7-21-57-45(52)48(3)39-28-43(41(54-5)26-35(39)44(51)49-20-19-31-15-9-12-18-38(31)49)56-23-14-8-13-22-55-42-27-36(33(30-50)25-40(42)53-4)46-29-34-24-32-16-10-11-17-37(32)47(34)2/h6-7,9-12,15-18,25-30,34H,8,13-14,19-24H2,1-5H3/b7-6+,46-29?. The predicted molar refractivity (Wildman–Crippen MR) is 223 cm³/mol. The molecule has 12 heteroatoms. The van der Waals surface area contributed by atoms with Crippen molar-refractivity contribution in [1.82, 2.24) is 0 Å². The third-order valence-electron chi connectivity index (χ3n) is 10.2. The zero-order valence-electron chi connectivity index (χ0n) is 33.2. The van der Waals surface area contributed by atoms with Gasteiger partial charge in [-0.3, -0.25) is 19.5 Å². The molecule has 2 heterocycles. The minimum absolute atomic E-state index is 0.0707. The van der Waals surface area contributed by atoms with Crippen molar-refractivity contribution >= 4 is 47.3 Å². The van der Waals surface area contributed by atoms with Gasteiger partial charge in [-0.2, -0.15) is 0 Å². The summed E-state index contributed by atoms with van der Waals surface area (Å²) < 4.78 is 29.0. The molecule has 0 saturated heterocycles. The van der Waals surface area contributed by atoms with E-state index in [1.807, 2.05) is 56.6 Å². The van der Waals surface area contributed by atoms with Crippen molar-refractivity contribution in [3.05, 3.63) is 107 Å². The van der Waals surface area contributed by atoms with Crippen LogP contribution in [0.1, 0.15) is 58.0 Å². The van der Waals surface area contributed by atoms with Gasteiger partial charge >= 0.3 is 6.09 Å². The molecule has 2 aliphatic rings. The lowest BCUT2D eigenvalue weighted by Crippen LogP contribution is -2.33. The average Bonchev–Trinajstić information content (AvgIpc) is 3.82. The summed E-state index contributed by atoms with van der Waals surface area (Å²) >= 11 is 0. The SMILES string of the molecule is C/C=C/COC(=O)N(C)c1cc(OCCCCCOc2cc(N=CC3Cc4ccccc4N3C)c(C=O)cc2OC)c(OC)cc1C(=O)N1CCc2ccccc21. The average molecular weight is 775 g/mol. The second kappa shape index (κ2) is 19.0. The molecule has 4 aromatic carbocycles. The highest BCUT2D eigenvalue weighted by molar-refractivity contribution is 6.12. The molecule has 0 aromatic heterocycles. The molecule has 0 saturated carbocycles. The Labute approximate surface area is 334 Å². The topological polar surface area (TPSA) is 119 Å². The van der Waals surface area contributed by atoms with Gasteiger partial charge in [-0.15, -0.1) is 0 Å². The first-order valence-electron chi connectivity index (χ1n) is 19.2. The number of aliphatic imine (C=N–C) groups is 1. The van der Waals surface area contributed by atoms with Gasteiger partial charge in [0.15, 0.2) is 29.3 Å². The van der Waals surface area contributed by atoms with Crippen molar-refractivity contribution in [2.24, 2.45) is 4.99 Å². The molecule has 0 spiro atoms. The highest BCUT2D eigenvalue weighted by Crippen LogP contribution is 2.39. The number of para-hydroxylation sites is 2. The molecule has 57 heavy (non-hydrogen) atoms. The fourth-order valence-corrected chi connectivity index (χ4v) is 7.05. The van der Waals surface area contributed by atoms with Gasteiger partial charge in [-0.25, -0.2) is 4.79 Å². The van der Waals surface area contributed by atoms with Gasteiger partial charge in [-0.05, 0) is 74.4 Å². The summed E-state index contributed by atoms with van der Waals surface area (Å²) in [5, 5.41) is 0. The van der Waals surface area contributed by atoms with Crippen molar-refractivity contribution < 1.29 is 38.1 Å². The predicted octanol–water partition coefficient (Wildman–Crippen LogP) is 8.26. The molecule has 1 unspecified atom stereocenters. The van der Waals surface area contributed by atoms with Gasteiger partial charge in [-0.1, -0.05) is 48.6 Å². The molecular formula is C45H50N4O8. The summed E-state index contributed by atoms with van der Waals surface area (Å²) in [6, 6.07) is 22.9. The molecule has 0 radical (unpaired) electrons. The molecule has 298 valence electrons. The van der Waals surface area contributed by atoms with Crippen LogP contribution in [0.4, 0.5) is 27.5 Å². The Morgan fingerprint density at radius 1 is 0.860 bits per heavy atom. The van der Waals surface area contributed by atoms with Gasteiger partial charge in [0, 0.05) is 55.9 Å². The van der Waals surface area contributed by atoms with Crippen molar-refractivity contribution in [2.75, 3.05) is 69.4 Å². The summed E-state index contributed by atoms with van der Waals surface area (Å²) in [6.07, 6.45) is 9.35. The van der Waals surface area contributed by atoms with Crippen molar-refractivity contribution in [1.29, 1.82) is 0 Å². The largest absolute Gasteiger partial charge is 0.493 e. The van der Waals surface area contributed by atoms with E-state index in [1.165, 1.54) is 23.3 Å². The van der Waals surface area contributed by atoms with Crippen molar-refractivity contribution in [3.8, 4) is 23.0 Å². The minimum atomic E-state index is -0.608. The molecule has 0 fully saturated rings. The van der Waals surface area contributed by atoms with Crippen LogP contribution >= 0.6 is 0 Å². The van der Waals surface area contributed by atoms with E-state index in [1.54, 1.807) is 55.5 Å². The normalized spacial score (nSPS) is 14.4. The molecular weight excluding hydrogens is 725 g/mol. The summed E-state index contributed by atoms with van der Waals surface area (Å²) in [5.41, 5.74) is 5.95. The first kappa shape index (κ1) is 40.4. The number of amides is 2. The Kier molecular flexibility index (Phi) is 13.5. The maximum atomic E-state index is 14.1. The Balaban J connectivity index is 1.08. The fourth-order valence-electron chi connectivity index (χ4n) is 7.05. The smallest absolute Gasteiger partial charge is 0.414 e. The molecule has 0 bridgehead atoms. The molecule has 0 N–H and O–H groups in total.